The summed E-state index contributed by atoms with van der Waals surface area (Å²) in [5.41, 5.74) is 8.51. The van der Waals surface area contributed by atoms with Gasteiger partial charge in [0.05, 0.1) is 0 Å². The van der Waals surface area contributed by atoms with E-state index in [9.17, 15) is 0 Å². The van der Waals surface area contributed by atoms with E-state index in [1.54, 1.807) is 0 Å². The van der Waals surface area contributed by atoms with Crippen LogP contribution in [0.25, 0.3) is 0 Å². The summed E-state index contributed by atoms with van der Waals surface area (Å²) in [6.45, 7) is 6.58. The third-order valence-electron chi connectivity index (χ3n) is 1.57. The zero-order valence-corrected chi connectivity index (χ0v) is 9.19. The minimum Gasteiger partial charge on any atom is -0.399 e. The normalized spacial score (nSPS) is 9.69. The maximum atomic E-state index is 5.61. The van der Waals surface area contributed by atoms with Crippen molar-refractivity contribution in [3.05, 3.63) is 34.8 Å². The molecule has 0 saturated heterocycles. The number of hydrogen-bond donors (Lipinski definition) is 2. The Kier molecular flexibility index (Phi) is 3.37. The van der Waals surface area contributed by atoms with Gasteiger partial charge in [0.15, 0.2) is 0 Å². The maximum absolute atomic E-state index is 5.61. The van der Waals surface area contributed by atoms with E-state index in [0.717, 1.165) is 28.0 Å². The van der Waals surface area contributed by atoms with E-state index in [2.05, 4.69) is 27.8 Å². The van der Waals surface area contributed by atoms with Gasteiger partial charge in [0.25, 0.3) is 0 Å². The molecule has 70 valence electrons. The predicted octanol–water partition coefficient (Wildman–Crippen LogP) is 3.02. The number of anilines is 2. The lowest BCUT2D eigenvalue weighted by atomic mass is 10.2. The molecule has 0 fully saturated rings. The average molecular weight is 241 g/mol. The molecule has 0 bridgehead atoms. The Morgan fingerprint density at radius 2 is 2.31 bits per heavy atom. The van der Waals surface area contributed by atoms with Gasteiger partial charge in [-0.25, -0.2) is 0 Å². The lowest BCUT2D eigenvalue weighted by Gasteiger charge is -2.08. The molecule has 2 nitrogen and oxygen atoms in total. The average Bonchev–Trinajstić information content (AvgIpc) is 2.02. The van der Waals surface area contributed by atoms with E-state index >= 15 is 0 Å². The van der Waals surface area contributed by atoms with E-state index in [1.807, 2.05) is 25.1 Å². The second-order valence-corrected chi connectivity index (χ2v) is 3.90. The maximum Gasteiger partial charge on any atom is 0.0488 e. The van der Waals surface area contributed by atoms with Crippen molar-refractivity contribution in [3.63, 3.8) is 0 Å². The summed E-state index contributed by atoms with van der Waals surface area (Å²) in [7, 11) is 0. The summed E-state index contributed by atoms with van der Waals surface area (Å²) in [4.78, 5) is 0. The first-order valence-corrected chi connectivity index (χ1v) is 4.82. The second kappa shape index (κ2) is 4.33. The number of halogens is 1. The highest BCUT2D eigenvalue weighted by Crippen LogP contribution is 2.24. The molecule has 1 aromatic carbocycles. The van der Waals surface area contributed by atoms with Crippen molar-refractivity contribution in [2.45, 2.75) is 6.92 Å². The monoisotopic (exact) mass is 240 g/mol. The Bertz CT molecular complexity index is 321. The Balaban J connectivity index is 2.72. The summed E-state index contributed by atoms with van der Waals surface area (Å²) >= 11 is 3.43. The van der Waals surface area contributed by atoms with Crippen LogP contribution in [0.15, 0.2) is 34.8 Å². The van der Waals surface area contributed by atoms with Crippen LogP contribution in [-0.2, 0) is 0 Å². The molecule has 0 amide bonds. The zero-order chi connectivity index (χ0) is 9.84. The first-order chi connectivity index (χ1) is 6.09. The minimum absolute atomic E-state index is 0.757. The number of benzene rings is 1. The van der Waals surface area contributed by atoms with Gasteiger partial charge in [-0.3, -0.25) is 0 Å². The summed E-state index contributed by atoms with van der Waals surface area (Å²) in [5.74, 6) is 0. The van der Waals surface area contributed by atoms with Crippen molar-refractivity contribution < 1.29 is 0 Å². The van der Waals surface area contributed by atoms with Gasteiger partial charge in [0, 0.05) is 22.4 Å². The number of nitrogens with one attached hydrogen (secondary N) is 1. The molecule has 3 heteroatoms. The van der Waals surface area contributed by atoms with Crippen LogP contribution in [0.1, 0.15) is 6.92 Å². The van der Waals surface area contributed by atoms with Crippen LogP contribution in [0.2, 0.25) is 0 Å². The topological polar surface area (TPSA) is 38.0 Å². The highest BCUT2D eigenvalue weighted by molar-refractivity contribution is 9.10. The number of nitrogens with two attached hydrogens (primary N) is 1. The first kappa shape index (κ1) is 10.1. The Labute approximate surface area is 87.0 Å². The fourth-order valence-corrected chi connectivity index (χ4v) is 1.46. The smallest absolute Gasteiger partial charge is 0.0488 e. The van der Waals surface area contributed by atoms with Crippen molar-refractivity contribution in [1.82, 2.24) is 0 Å². The zero-order valence-electron chi connectivity index (χ0n) is 7.60. The molecule has 1 rings (SSSR count). The Hall–Kier alpha value is -0.960. The molecule has 0 aromatic heterocycles. The van der Waals surface area contributed by atoms with Crippen molar-refractivity contribution in [3.8, 4) is 0 Å². The van der Waals surface area contributed by atoms with Crippen LogP contribution in [0.5, 0.6) is 0 Å². The fourth-order valence-electron chi connectivity index (χ4n) is 0.921. The summed E-state index contributed by atoms with van der Waals surface area (Å²) in [6, 6.07) is 5.69. The summed E-state index contributed by atoms with van der Waals surface area (Å²) in [6.07, 6.45) is 0. The minimum atomic E-state index is 0.757. The molecule has 0 heterocycles. The van der Waals surface area contributed by atoms with Crippen molar-refractivity contribution in [2.24, 2.45) is 0 Å². The molecular formula is C10H13BrN2. The van der Waals surface area contributed by atoms with Crippen LogP contribution >= 0.6 is 15.9 Å². The molecule has 0 aliphatic heterocycles. The lowest BCUT2D eigenvalue weighted by molar-refractivity contribution is 1.21. The van der Waals surface area contributed by atoms with Crippen LogP contribution in [-0.4, -0.2) is 6.54 Å². The van der Waals surface area contributed by atoms with Gasteiger partial charge in [0.2, 0.25) is 0 Å². The highest BCUT2D eigenvalue weighted by atomic mass is 79.9. The molecule has 0 spiro atoms. The van der Waals surface area contributed by atoms with Crippen LogP contribution in [0, 0.1) is 0 Å². The van der Waals surface area contributed by atoms with E-state index in [4.69, 9.17) is 5.73 Å². The van der Waals surface area contributed by atoms with Gasteiger partial charge in [-0.1, -0.05) is 12.2 Å². The van der Waals surface area contributed by atoms with E-state index in [0.29, 0.717) is 0 Å². The third kappa shape index (κ3) is 3.11. The Morgan fingerprint density at radius 3 is 2.85 bits per heavy atom. The van der Waals surface area contributed by atoms with Gasteiger partial charge < -0.3 is 11.1 Å². The fraction of sp³-hybridized carbons (Fsp3) is 0.200. The molecule has 1 aromatic rings. The van der Waals surface area contributed by atoms with Crippen LogP contribution in [0.4, 0.5) is 11.4 Å². The van der Waals surface area contributed by atoms with Gasteiger partial charge in [-0.15, -0.1) is 0 Å². The molecule has 3 N–H and O–H groups in total. The molecule has 0 aliphatic rings. The largest absolute Gasteiger partial charge is 0.399 e. The number of nitrogen functional groups attached to an aromatic ring is 1. The molecular weight excluding hydrogens is 228 g/mol. The SMILES string of the molecule is C=C(C)CNc1ccc(N)cc1Br. The summed E-state index contributed by atoms with van der Waals surface area (Å²) in [5, 5.41) is 3.24. The van der Waals surface area contributed by atoms with Gasteiger partial charge in [-0.05, 0) is 41.1 Å². The lowest BCUT2D eigenvalue weighted by Crippen LogP contribution is -2.02. The van der Waals surface area contributed by atoms with Crippen LogP contribution < -0.4 is 11.1 Å². The molecule has 0 radical (unpaired) electrons. The van der Waals surface area contributed by atoms with Crippen LogP contribution in [0.3, 0.4) is 0 Å². The van der Waals surface area contributed by atoms with Crippen molar-refractivity contribution in [2.75, 3.05) is 17.6 Å². The quantitative estimate of drug-likeness (QED) is 0.630. The van der Waals surface area contributed by atoms with E-state index < -0.39 is 0 Å². The first-order valence-electron chi connectivity index (χ1n) is 4.03. The molecule has 0 atom stereocenters. The van der Waals surface area contributed by atoms with Gasteiger partial charge in [-0.2, -0.15) is 0 Å². The second-order valence-electron chi connectivity index (χ2n) is 3.05. The number of hydrogen-bond acceptors (Lipinski definition) is 2. The van der Waals surface area contributed by atoms with Crippen molar-refractivity contribution in [1.29, 1.82) is 0 Å². The molecule has 0 unspecified atom stereocenters. The standard InChI is InChI=1S/C10H13BrN2/c1-7(2)6-13-10-4-3-8(12)5-9(10)11/h3-5,13H,1,6,12H2,2H3. The van der Waals surface area contributed by atoms with Gasteiger partial charge in [0.1, 0.15) is 0 Å². The van der Waals surface area contributed by atoms with Crippen molar-refractivity contribution >= 4 is 27.3 Å². The molecule has 0 aliphatic carbocycles. The Morgan fingerprint density at radius 1 is 1.62 bits per heavy atom. The molecule has 0 saturated carbocycles. The summed E-state index contributed by atoms with van der Waals surface area (Å²) < 4.78 is 0.980. The van der Waals surface area contributed by atoms with E-state index in [1.165, 1.54) is 0 Å². The van der Waals surface area contributed by atoms with E-state index in [-0.39, 0.29) is 0 Å². The number of rotatable bonds is 3. The van der Waals surface area contributed by atoms with Gasteiger partial charge >= 0.3 is 0 Å². The third-order valence-corrected chi connectivity index (χ3v) is 2.23. The molecule has 13 heavy (non-hydrogen) atoms. The highest BCUT2D eigenvalue weighted by Gasteiger charge is 1.98. The predicted molar refractivity (Wildman–Crippen MR) is 61.9 cm³/mol.